The number of hydrogen-bond donors (Lipinski definition) is 1. The van der Waals surface area contributed by atoms with Crippen LogP contribution in [0.5, 0.6) is 0 Å². The van der Waals surface area contributed by atoms with Gasteiger partial charge in [0.2, 0.25) is 0 Å². The Labute approximate surface area is 133 Å². The number of anilines is 1. The van der Waals surface area contributed by atoms with Gasteiger partial charge in [-0.15, -0.1) is 11.3 Å². The molecule has 3 nitrogen and oxygen atoms in total. The van der Waals surface area contributed by atoms with Crippen molar-refractivity contribution in [3.8, 4) is 0 Å². The summed E-state index contributed by atoms with van der Waals surface area (Å²) < 4.78 is 0. The van der Waals surface area contributed by atoms with Gasteiger partial charge in [-0.1, -0.05) is 20.8 Å². The van der Waals surface area contributed by atoms with Crippen molar-refractivity contribution in [2.45, 2.75) is 71.4 Å². The third kappa shape index (κ3) is 3.98. The van der Waals surface area contributed by atoms with E-state index in [4.69, 9.17) is 4.98 Å². The van der Waals surface area contributed by atoms with Crippen LogP contribution in [0.15, 0.2) is 0 Å². The largest absolute Gasteiger partial charge is 0.348 e. The summed E-state index contributed by atoms with van der Waals surface area (Å²) >= 11 is 1.91. The van der Waals surface area contributed by atoms with Crippen molar-refractivity contribution in [1.29, 1.82) is 0 Å². The van der Waals surface area contributed by atoms with Crippen LogP contribution in [0.4, 0.5) is 5.13 Å². The van der Waals surface area contributed by atoms with Gasteiger partial charge in [-0.2, -0.15) is 0 Å². The maximum atomic E-state index is 5.04. The van der Waals surface area contributed by atoms with Gasteiger partial charge in [0.25, 0.3) is 0 Å². The Morgan fingerprint density at radius 1 is 1.24 bits per heavy atom. The molecule has 0 atom stereocenters. The monoisotopic (exact) mass is 307 g/mol. The molecule has 0 saturated heterocycles. The SMILES string of the molecule is CCN(CC1CC1)c1nc(C(C)(C)C)c(CNC2CC2)s1. The fraction of sp³-hybridized carbons (Fsp3) is 0.824. The van der Waals surface area contributed by atoms with Crippen LogP contribution in [-0.4, -0.2) is 24.1 Å². The van der Waals surface area contributed by atoms with E-state index in [2.05, 4.69) is 37.9 Å². The normalized spacial score (nSPS) is 19.0. The van der Waals surface area contributed by atoms with E-state index in [0.29, 0.717) is 0 Å². The molecule has 0 aromatic carbocycles. The zero-order valence-corrected chi connectivity index (χ0v) is 14.7. The van der Waals surface area contributed by atoms with Gasteiger partial charge in [0, 0.05) is 36.0 Å². The van der Waals surface area contributed by atoms with E-state index in [1.54, 1.807) is 0 Å². The molecule has 1 aromatic rings. The molecule has 1 heterocycles. The van der Waals surface area contributed by atoms with Crippen molar-refractivity contribution in [1.82, 2.24) is 10.3 Å². The molecule has 1 aromatic heterocycles. The number of hydrogen-bond acceptors (Lipinski definition) is 4. The second-order valence-corrected chi connectivity index (χ2v) is 8.72. The van der Waals surface area contributed by atoms with Crippen LogP contribution in [0.3, 0.4) is 0 Å². The summed E-state index contributed by atoms with van der Waals surface area (Å²) in [6, 6.07) is 0.761. The minimum absolute atomic E-state index is 0.133. The minimum Gasteiger partial charge on any atom is -0.348 e. The lowest BCUT2D eigenvalue weighted by Crippen LogP contribution is -2.25. The molecule has 0 radical (unpaired) electrons. The van der Waals surface area contributed by atoms with E-state index < -0.39 is 0 Å². The second kappa shape index (κ2) is 5.88. The van der Waals surface area contributed by atoms with E-state index in [1.807, 2.05) is 11.3 Å². The molecular weight excluding hydrogens is 278 g/mol. The van der Waals surface area contributed by atoms with Crippen LogP contribution < -0.4 is 10.2 Å². The molecule has 0 unspecified atom stereocenters. The Bertz CT molecular complexity index is 481. The third-order valence-corrected chi connectivity index (χ3v) is 5.47. The predicted octanol–water partition coefficient (Wildman–Crippen LogP) is 3.93. The third-order valence-electron chi connectivity index (χ3n) is 4.35. The maximum absolute atomic E-state index is 5.04. The number of nitrogens with one attached hydrogen (secondary N) is 1. The van der Waals surface area contributed by atoms with Gasteiger partial charge in [-0.05, 0) is 38.5 Å². The first-order chi connectivity index (χ1) is 9.97. The Kier molecular flexibility index (Phi) is 4.28. The summed E-state index contributed by atoms with van der Waals surface area (Å²) in [6.07, 6.45) is 5.51. The lowest BCUT2D eigenvalue weighted by molar-refractivity contribution is 0.558. The molecule has 0 bridgehead atoms. The molecule has 0 spiro atoms. The Hall–Kier alpha value is -0.610. The molecule has 4 heteroatoms. The highest BCUT2D eigenvalue weighted by atomic mass is 32.1. The lowest BCUT2D eigenvalue weighted by atomic mass is 9.91. The molecule has 1 N–H and O–H groups in total. The molecule has 0 amide bonds. The molecule has 3 rings (SSSR count). The standard InChI is InChI=1S/C17H29N3S/c1-5-20(11-12-6-7-12)16-19-15(17(2,3)4)14(21-16)10-18-13-8-9-13/h12-13,18H,5-11H2,1-4H3. The van der Waals surface area contributed by atoms with E-state index in [1.165, 1.54) is 47.9 Å². The van der Waals surface area contributed by atoms with Gasteiger partial charge in [-0.25, -0.2) is 4.98 Å². The van der Waals surface area contributed by atoms with Crippen LogP contribution in [0.1, 0.15) is 63.9 Å². The van der Waals surface area contributed by atoms with Crippen LogP contribution in [0.25, 0.3) is 0 Å². The molecule has 2 aliphatic rings. The van der Waals surface area contributed by atoms with Crippen LogP contribution in [0, 0.1) is 5.92 Å². The van der Waals surface area contributed by atoms with Gasteiger partial charge >= 0.3 is 0 Å². The highest BCUT2D eigenvalue weighted by Crippen LogP contribution is 2.37. The van der Waals surface area contributed by atoms with Crippen molar-refractivity contribution < 1.29 is 0 Å². The average molecular weight is 308 g/mol. The van der Waals surface area contributed by atoms with Crippen LogP contribution >= 0.6 is 11.3 Å². The fourth-order valence-corrected chi connectivity index (χ4v) is 3.95. The number of rotatable bonds is 7. The van der Waals surface area contributed by atoms with Crippen molar-refractivity contribution in [3.05, 3.63) is 10.6 Å². The molecule has 21 heavy (non-hydrogen) atoms. The number of thiazole rings is 1. The van der Waals surface area contributed by atoms with E-state index in [0.717, 1.165) is 25.0 Å². The summed E-state index contributed by atoms with van der Waals surface area (Å²) in [5.74, 6) is 0.917. The first-order valence-corrected chi connectivity index (χ1v) is 9.27. The van der Waals surface area contributed by atoms with Gasteiger partial charge in [0.05, 0.1) is 5.69 Å². The van der Waals surface area contributed by atoms with E-state index >= 15 is 0 Å². The summed E-state index contributed by atoms with van der Waals surface area (Å²) in [6.45, 7) is 12.4. The number of nitrogens with zero attached hydrogens (tertiary/aromatic N) is 2. The van der Waals surface area contributed by atoms with Crippen molar-refractivity contribution in [2.75, 3.05) is 18.0 Å². The molecule has 2 aliphatic carbocycles. The summed E-state index contributed by atoms with van der Waals surface area (Å²) in [4.78, 5) is 8.96. The first-order valence-electron chi connectivity index (χ1n) is 8.46. The second-order valence-electron chi connectivity index (χ2n) is 7.66. The van der Waals surface area contributed by atoms with Crippen LogP contribution in [-0.2, 0) is 12.0 Å². The van der Waals surface area contributed by atoms with Gasteiger partial charge in [-0.3, -0.25) is 0 Å². The topological polar surface area (TPSA) is 28.2 Å². The van der Waals surface area contributed by atoms with E-state index in [-0.39, 0.29) is 5.41 Å². The van der Waals surface area contributed by atoms with Crippen molar-refractivity contribution in [2.24, 2.45) is 5.92 Å². The fourth-order valence-electron chi connectivity index (χ4n) is 2.66. The van der Waals surface area contributed by atoms with Gasteiger partial charge < -0.3 is 10.2 Å². The average Bonchev–Trinajstić information content (AvgIpc) is 3.33. The highest BCUT2D eigenvalue weighted by Gasteiger charge is 2.29. The molecule has 2 saturated carbocycles. The molecule has 118 valence electrons. The number of aromatic nitrogens is 1. The molecular formula is C17H29N3S. The van der Waals surface area contributed by atoms with Gasteiger partial charge in [0.15, 0.2) is 5.13 Å². The van der Waals surface area contributed by atoms with E-state index in [9.17, 15) is 0 Å². The Balaban J connectivity index is 1.78. The molecule has 2 fully saturated rings. The first kappa shape index (κ1) is 15.3. The smallest absolute Gasteiger partial charge is 0.185 e. The quantitative estimate of drug-likeness (QED) is 0.827. The zero-order chi connectivity index (χ0) is 15.0. The Morgan fingerprint density at radius 3 is 2.48 bits per heavy atom. The van der Waals surface area contributed by atoms with Crippen LogP contribution in [0.2, 0.25) is 0 Å². The predicted molar refractivity (Wildman–Crippen MR) is 91.3 cm³/mol. The maximum Gasteiger partial charge on any atom is 0.185 e. The lowest BCUT2D eigenvalue weighted by Gasteiger charge is -2.20. The minimum atomic E-state index is 0.133. The summed E-state index contributed by atoms with van der Waals surface area (Å²) in [5.41, 5.74) is 1.43. The van der Waals surface area contributed by atoms with Crippen molar-refractivity contribution >= 4 is 16.5 Å². The van der Waals surface area contributed by atoms with Gasteiger partial charge in [0.1, 0.15) is 0 Å². The van der Waals surface area contributed by atoms with Crippen molar-refractivity contribution in [3.63, 3.8) is 0 Å². The summed E-state index contributed by atoms with van der Waals surface area (Å²) in [5, 5.41) is 4.90. The highest BCUT2D eigenvalue weighted by molar-refractivity contribution is 7.15. The molecule has 0 aliphatic heterocycles. The zero-order valence-electron chi connectivity index (χ0n) is 13.9. The summed E-state index contributed by atoms with van der Waals surface area (Å²) in [7, 11) is 0. The Morgan fingerprint density at radius 2 is 1.95 bits per heavy atom.